The molecule has 0 aromatic rings. The summed E-state index contributed by atoms with van der Waals surface area (Å²) in [6, 6.07) is -0.715. The Labute approximate surface area is 184 Å². The number of nitrogens with two attached hydrogens (primary N) is 2. The number of unbranched alkanes of at least 4 members (excludes halogenated alkanes) is 11. The van der Waals surface area contributed by atoms with E-state index in [4.69, 9.17) is 16.2 Å². The molecule has 0 spiro atoms. The molecule has 0 aliphatic rings. The van der Waals surface area contributed by atoms with Crippen LogP contribution in [-0.2, 0) is 14.3 Å². The van der Waals surface area contributed by atoms with Gasteiger partial charge in [-0.1, -0.05) is 77.6 Å². The van der Waals surface area contributed by atoms with Crippen LogP contribution in [0.4, 0.5) is 0 Å². The molecule has 0 heterocycles. The third kappa shape index (κ3) is 18.8. The Morgan fingerprint density at radius 3 is 1.85 bits per heavy atom. The fraction of sp³-hybridized carbons (Fsp3) is 0.900. The average molecular weight is 381 g/mol. The van der Waals surface area contributed by atoms with Gasteiger partial charge < -0.3 is 17.6 Å². The first-order valence-corrected chi connectivity index (χ1v) is 10.3. The largest absolute Gasteiger partial charge is 1.00 e. The first kappa shape index (κ1) is 28.3. The number of hydrogen-bond donors (Lipinski definition) is 2. The van der Waals surface area contributed by atoms with Crippen molar-refractivity contribution in [1.29, 1.82) is 0 Å². The van der Waals surface area contributed by atoms with Crippen LogP contribution < -0.4 is 41.0 Å². The van der Waals surface area contributed by atoms with Gasteiger partial charge in [0.1, 0.15) is 6.04 Å². The van der Waals surface area contributed by atoms with Crippen molar-refractivity contribution in [3.8, 4) is 0 Å². The molecule has 5 nitrogen and oxygen atoms in total. The number of carbonyl (C=O) groups is 2. The molecule has 26 heavy (non-hydrogen) atoms. The predicted molar refractivity (Wildman–Crippen MR) is 104 cm³/mol. The summed E-state index contributed by atoms with van der Waals surface area (Å²) in [6.45, 7) is 2.82. The van der Waals surface area contributed by atoms with Crippen molar-refractivity contribution in [2.75, 3.05) is 6.54 Å². The first-order valence-electron chi connectivity index (χ1n) is 10.3. The van der Waals surface area contributed by atoms with Gasteiger partial charge in [0, 0.05) is 6.42 Å². The fourth-order valence-electron chi connectivity index (χ4n) is 2.80. The van der Waals surface area contributed by atoms with E-state index in [-0.39, 0.29) is 31.0 Å². The van der Waals surface area contributed by atoms with Gasteiger partial charge in [-0.05, 0) is 25.8 Å². The summed E-state index contributed by atoms with van der Waals surface area (Å²) in [4.78, 5) is 23.3. The van der Waals surface area contributed by atoms with Gasteiger partial charge in [0.05, 0.1) is 0 Å². The van der Waals surface area contributed by atoms with Crippen LogP contribution in [0.25, 0.3) is 0 Å². The van der Waals surface area contributed by atoms with Crippen molar-refractivity contribution >= 4 is 11.9 Å². The summed E-state index contributed by atoms with van der Waals surface area (Å²) >= 11 is 0. The first-order chi connectivity index (χ1) is 12.1. The normalized spacial score (nSPS) is 11.7. The standard InChI is InChI=1S/C20H40N2O3.Na.H/c1-2-3-4-5-6-7-8-9-10-11-12-16-19(23)25-20(24)18(22)15-13-14-17-21;;/h18H,2-17,21-22H2,1H3;;/q;+1;-1. The Kier molecular flexibility index (Phi) is 23.2. The predicted octanol–water partition coefficient (Wildman–Crippen LogP) is 1.33. The van der Waals surface area contributed by atoms with Crippen molar-refractivity contribution in [1.82, 2.24) is 0 Å². The van der Waals surface area contributed by atoms with Crippen molar-refractivity contribution in [3.05, 3.63) is 0 Å². The van der Waals surface area contributed by atoms with Crippen LogP contribution in [0.1, 0.15) is 105 Å². The van der Waals surface area contributed by atoms with Crippen molar-refractivity contribution in [2.45, 2.75) is 109 Å². The molecule has 0 aromatic carbocycles. The molecular formula is C20H41N2NaO3. The van der Waals surface area contributed by atoms with Crippen LogP contribution >= 0.6 is 0 Å². The Morgan fingerprint density at radius 1 is 0.846 bits per heavy atom. The van der Waals surface area contributed by atoms with Crippen LogP contribution in [0.15, 0.2) is 0 Å². The molecule has 1 atom stereocenters. The maximum Gasteiger partial charge on any atom is 1.00 e. The number of hydrogen-bond acceptors (Lipinski definition) is 5. The van der Waals surface area contributed by atoms with Crippen molar-refractivity contribution in [2.24, 2.45) is 11.5 Å². The summed E-state index contributed by atoms with van der Waals surface area (Å²) in [6.07, 6.45) is 15.9. The van der Waals surface area contributed by atoms with Gasteiger partial charge in [0.15, 0.2) is 0 Å². The minimum absolute atomic E-state index is 0. The molecule has 150 valence electrons. The second-order valence-corrected chi connectivity index (χ2v) is 6.97. The van der Waals surface area contributed by atoms with Crippen LogP contribution in [0, 0.1) is 0 Å². The van der Waals surface area contributed by atoms with Crippen molar-refractivity contribution < 1.29 is 45.3 Å². The van der Waals surface area contributed by atoms with E-state index in [9.17, 15) is 9.59 Å². The summed E-state index contributed by atoms with van der Waals surface area (Å²) in [7, 11) is 0. The summed E-state index contributed by atoms with van der Waals surface area (Å²) < 4.78 is 4.80. The Balaban J connectivity index is -0.00000288. The van der Waals surface area contributed by atoms with E-state index < -0.39 is 18.0 Å². The van der Waals surface area contributed by atoms with E-state index in [0.29, 0.717) is 19.4 Å². The molecule has 0 aromatic heterocycles. The molecule has 0 rings (SSSR count). The fourth-order valence-corrected chi connectivity index (χ4v) is 2.80. The van der Waals surface area contributed by atoms with Gasteiger partial charge in [-0.25, -0.2) is 4.79 Å². The van der Waals surface area contributed by atoms with Crippen LogP contribution in [0.3, 0.4) is 0 Å². The maximum atomic E-state index is 11.6. The molecule has 0 saturated heterocycles. The van der Waals surface area contributed by atoms with E-state index >= 15 is 0 Å². The quantitative estimate of drug-likeness (QED) is 0.172. The smallest absolute Gasteiger partial charge is 1.00 e. The third-order valence-electron chi connectivity index (χ3n) is 4.47. The maximum absolute atomic E-state index is 11.6. The second kappa shape index (κ2) is 21.4. The SMILES string of the molecule is CCCCCCCCCCCCCC(=O)OC(=O)C(N)CCCCN.[H-].[Na+]. The number of esters is 2. The van der Waals surface area contributed by atoms with E-state index in [1.807, 2.05) is 0 Å². The van der Waals surface area contributed by atoms with Crippen LogP contribution in [0.5, 0.6) is 0 Å². The molecule has 4 N–H and O–H groups in total. The zero-order valence-corrected chi connectivity index (χ0v) is 19.3. The minimum atomic E-state index is -0.715. The van der Waals surface area contributed by atoms with Gasteiger partial charge in [-0.15, -0.1) is 0 Å². The molecule has 0 bridgehead atoms. The van der Waals surface area contributed by atoms with Gasteiger partial charge in [-0.3, -0.25) is 4.79 Å². The van der Waals surface area contributed by atoms with Crippen LogP contribution in [-0.4, -0.2) is 24.5 Å². The van der Waals surface area contributed by atoms with E-state index in [2.05, 4.69) is 6.92 Å². The molecule has 0 aliphatic carbocycles. The average Bonchev–Trinajstić information content (AvgIpc) is 2.59. The Morgan fingerprint density at radius 2 is 1.35 bits per heavy atom. The van der Waals surface area contributed by atoms with Crippen LogP contribution in [0.2, 0.25) is 0 Å². The topological polar surface area (TPSA) is 95.4 Å². The van der Waals surface area contributed by atoms with E-state index in [1.54, 1.807) is 0 Å². The third-order valence-corrected chi connectivity index (χ3v) is 4.47. The minimum Gasteiger partial charge on any atom is -1.00 e. The molecule has 6 heteroatoms. The monoisotopic (exact) mass is 380 g/mol. The molecule has 0 saturated carbocycles. The molecule has 0 aliphatic heterocycles. The number of carbonyl (C=O) groups excluding carboxylic acids is 2. The van der Waals surface area contributed by atoms with Gasteiger partial charge in [0.25, 0.3) is 0 Å². The summed E-state index contributed by atoms with van der Waals surface area (Å²) in [5, 5.41) is 0. The van der Waals surface area contributed by atoms with Gasteiger partial charge in [-0.2, -0.15) is 0 Å². The molecular weight excluding hydrogens is 339 g/mol. The number of rotatable bonds is 17. The Bertz CT molecular complexity index is 347. The Hall–Kier alpha value is 0.0600. The second-order valence-electron chi connectivity index (χ2n) is 6.97. The molecule has 0 amide bonds. The van der Waals surface area contributed by atoms with E-state index in [1.165, 1.54) is 51.4 Å². The molecule has 0 radical (unpaired) electrons. The zero-order chi connectivity index (χ0) is 18.8. The summed E-state index contributed by atoms with van der Waals surface area (Å²) in [5.41, 5.74) is 11.1. The molecule has 0 fully saturated rings. The summed E-state index contributed by atoms with van der Waals surface area (Å²) in [5.74, 6) is -1.06. The van der Waals surface area contributed by atoms with Gasteiger partial charge in [0.2, 0.25) is 0 Å². The van der Waals surface area contributed by atoms with E-state index in [0.717, 1.165) is 32.1 Å². The van der Waals surface area contributed by atoms with Gasteiger partial charge >= 0.3 is 41.5 Å². The zero-order valence-electron chi connectivity index (χ0n) is 18.3. The molecule has 1 unspecified atom stereocenters. The number of ether oxygens (including phenoxy) is 1. The van der Waals surface area contributed by atoms with Crippen molar-refractivity contribution in [3.63, 3.8) is 0 Å².